The molecular weight excluding hydrogens is 382 g/mol. The lowest BCUT2D eigenvalue weighted by atomic mass is 10.2. The molecule has 0 spiro atoms. The summed E-state index contributed by atoms with van der Waals surface area (Å²) in [6, 6.07) is 17.2. The van der Waals surface area contributed by atoms with E-state index >= 15 is 0 Å². The third-order valence-corrected chi connectivity index (χ3v) is 4.66. The van der Waals surface area contributed by atoms with Gasteiger partial charge in [0.2, 0.25) is 5.91 Å². The molecule has 3 amide bonds. The molecule has 1 aliphatic heterocycles. The molecule has 0 aromatic heterocycles. The van der Waals surface area contributed by atoms with E-state index in [0.29, 0.717) is 26.1 Å². The number of hydrogen-bond donors (Lipinski definition) is 2. The SMILES string of the molecule is O=C(NCc1ccc(Br)cc1)NC1CC(=O)N(Cc2ccccc2)C1. The number of benzene rings is 2. The minimum atomic E-state index is -0.248. The first kappa shape index (κ1) is 17.5. The molecule has 1 aliphatic rings. The minimum Gasteiger partial charge on any atom is -0.336 e. The van der Waals surface area contributed by atoms with Gasteiger partial charge < -0.3 is 15.5 Å². The standard InChI is InChI=1S/C19H20BrN3O2/c20-16-8-6-14(7-9-16)11-21-19(25)22-17-10-18(24)23(13-17)12-15-4-2-1-3-5-15/h1-9,17H,10-13H2,(H2,21,22,25). The van der Waals surface area contributed by atoms with Crippen LogP contribution in [0.1, 0.15) is 17.5 Å². The van der Waals surface area contributed by atoms with Crippen molar-refractivity contribution in [2.45, 2.75) is 25.6 Å². The number of carbonyl (C=O) groups is 2. The first-order chi connectivity index (χ1) is 12.1. The highest BCUT2D eigenvalue weighted by atomic mass is 79.9. The molecule has 1 fully saturated rings. The molecule has 0 radical (unpaired) electrons. The van der Waals surface area contributed by atoms with Crippen molar-refractivity contribution in [3.05, 3.63) is 70.2 Å². The highest BCUT2D eigenvalue weighted by Gasteiger charge is 2.30. The molecule has 130 valence electrons. The van der Waals surface area contributed by atoms with Crippen LogP contribution in [0.4, 0.5) is 4.79 Å². The predicted molar refractivity (Wildman–Crippen MR) is 99.8 cm³/mol. The molecule has 25 heavy (non-hydrogen) atoms. The molecule has 0 saturated carbocycles. The van der Waals surface area contributed by atoms with E-state index in [-0.39, 0.29) is 18.0 Å². The van der Waals surface area contributed by atoms with Crippen LogP contribution in [0.25, 0.3) is 0 Å². The van der Waals surface area contributed by atoms with E-state index in [9.17, 15) is 9.59 Å². The maximum atomic E-state index is 12.1. The number of nitrogens with one attached hydrogen (secondary N) is 2. The molecule has 6 heteroatoms. The topological polar surface area (TPSA) is 61.4 Å². The molecule has 1 saturated heterocycles. The number of urea groups is 1. The van der Waals surface area contributed by atoms with Crippen molar-refractivity contribution in [2.24, 2.45) is 0 Å². The van der Waals surface area contributed by atoms with Crippen LogP contribution in [-0.4, -0.2) is 29.4 Å². The number of halogens is 1. The van der Waals surface area contributed by atoms with E-state index in [1.165, 1.54) is 0 Å². The molecule has 0 bridgehead atoms. The van der Waals surface area contributed by atoms with Gasteiger partial charge in [0.1, 0.15) is 0 Å². The number of hydrogen-bond acceptors (Lipinski definition) is 2. The Bertz CT molecular complexity index is 734. The average Bonchev–Trinajstić information content (AvgIpc) is 2.94. The summed E-state index contributed by atoms with van der Waals surface area (Å²) in [5.41, 5.74) is 2.11. The molecule has 0 aliphatic carbocycles. The summed E-state index contributed by atoms with van der Waals surface area (Å²) < 4.78 is 1.00. The zero-order valence-corrected chi connectivity index (χ0v) is 15.3. The largest absolute Gasteiger partial charge is 0.336 e. The fourth-order valence-corrected chi connectivity index (χ4v) is 3.11. The van der Waals surface area contributed by atoms with Crippen LogP contribution in [0.5, 0.6) is 0 Å². The lowest BCUT2D eigenvalue weighted by molar-refractivity contribution is -0.128. The Morgan fingerprint density at radius 2 is 1.80 bits per heavy atom. The number of rotatable bonds is 5. The van der Waals surface area contributed by atoms with E-state index in [2.05, 4.69) is 26.6 Å². The Balaban J connectivity index is 1.46. The van der Waals surface area contributed by atoms with Gasteiger partial charge in [0.15, 0.2) is 0 Å². The van der Waals surface area contributed by atoms with Crippen molar-refractivity contribution in [2.75, 3.05) is 6.54 Å². The smallest absolute Gasteiger partial charge is 0.315 e. The molecule has 1 unspecified atom stereocenters. The van der Waals surface area contributed by atoms with Crippen molar-refractivity contribution in [1.29, 1.82) is 0 Å². The first-order valence-electron chi connectivity index (χ1n) is 8.20. The fraction of sp³-hybridized carbons (Fsp3) is 0.263. The molecule has 5 nitrogen and oxygen atoms in total. The van der Waals surface area contributed by atoms with E-state index in [1.54, 1.807) is 4.90 Å². The minimum absolute atomic E-state index is 0.0714. The fourth-order valence-electron chi connectivity index (χ4n) is 2.85. The third kappa shape index (κ3) is 5.06. The van der Waals surface area contributed by atoms with Gasteiger partial charge in [-0.1, -0.05) is 58.4 Å². The number of nitrogens with zero attached hydrogens (tertiary/aromatic N) is 1. The zero-order chi connectivity index (χ0) is 17.6. The van der Waals surface area contributed by atoms with E-state index < -0.39 is 0 Å². The second kappa shape index (κ2) is 8.16. The second-order valence-corrected chi connectivity index (χ2v) is 7.03. The highest BCUT2D eigenvalue weighted by molar-refractivity contribution is 9.10. The van der Waals surface area contributed by atoms with Crippen LogP contribution in [0.15, 0.2) is 59.1 Å². The van der Waals surface area contributed by atoms with Gasteiger partial charge >= 0.3 is 6.03 Å². The Hall–Kier alpha value is -2.34. The van der Waals surface area contributed by atoms with Crippen LogP contribution in [0.2, 0.25) is 0 Å². The summed E-state index contributed by atoms with van der Waals surface area (Å²) in [6.45, 7) is 1.57. The second-order valence-electron chi connectivity index (χ2n) is 6.11. The highest BCUT2D eigenvalue weighted by Crippen LogP contribution is 2.15. The summed E-state index contributed by atoms with van der Waals surface area (Å²) in [4.78, 5) is 26.0. The van der Waals surface area contributed by atoms with Gasteiger partial charge in [-0.3, -0.25) is 4.79 Å². The van der Waals surface area contributed by atoms with Crippen LogP contribution >= 0.6 is 15.9 Å². The summed E-state index contributed by atoms with van der Waals surface area (Å²) in [5, 5.41) is 5.71. The lowest BCUT2D eigenvalue weighted by Gasteiger charge is -2.17. The van der Waals surface area contributed by atoms with Crippen molar-refractivity contribution in [1.82, 2.24) is 15.5 Å². The molecule has 1 atom stereocenters. The lowest BCUT2D eigenvalue weighted by Crippen LogP contribution is -2.43. The Kier molecular flexibility index (Phi) is 5.71. The molecular formula is C19H20BrN3O2. The summed E-state index contributed by atoms with van der Waals surface area (Å²) in [7, 11) is 0. The van der Waals surface area contributed by atoms with Gasteiger partial charge in [-0.25, -0.2) is 4.79 Å². The van der Waals surface area contributed by atoms with Gasteiger partial charge in [-0.05, 0) is 23.3 Å². The van der Waals surface area contributed by atoms with Crippen molar-refractivity contribution in [3.8, 4) is 0 Å². The summed E-state index contributed by atoms with van der Waals surface area (Å²) >= 11 is 3.38. The quantitative estimate of drug-likeness (QED) is 0.808. The summed E-state index contributed by atoms with van der Waals surface area (Å²) in [6.07, 6.45) is 0.346. The Morgan fingerprint density at radius 3 is 2.52 bits per heavy atom. The van der Waals surface area contributed by atoms with E-state index in [1.807, 2.05) is 54.6 Å². The monoisotopic (exact) mass is 401 g/mol. The number of likely N-dealkylation sites (tertiary alicyclic amines) is 1. The molecule has 2 aromatic carbocycles. The van der Waals surface area contributed by atoms with Crippen LogP contribution in [-0.2, 0) is 17.9 Å². The van der Waals surface area contributed by atoms with Crippen LogP contribution in [0, 0.1) is 0 Å². The zero-order valence-electron chi connectivity index (χ0n) is 13.7. The van der Waals surface area contributed by atoms with Crippen LogP contribution in [0.3, 0.4) is 0 Å². The third-order valence-electron chi connectivity index (χ3n) is 4.13. The number of amides is 3. The van der Waals surface area contributed by atoms with Crippen molar-refractivity contribution < 1.29 is 9.59 Å². The maximum absolute atomic E-state index is 12.1. The first-order valence-corrected chi connectivity index (χ1v) is 9.00. The van der Waals surface area contributed by atoms with Crippen molar-refractivity contribution >= 4 is 27.9 Å². The normalized spacial score (nSPS) is 16.8. The number of carbonyl (C=O) groups excluding carboxylic acids is 2. The van der Waals surface area contributed by atoms with Crippen LogP contribution < -0.4 is 10.6 Å². The predicted octanol–water partition coefficient (Wildman–Crippen LogP) is 3.05. The van der Waals surface area contributed by atoms with Gasteiger partial charge in [-0.15, -0.1) is 0 Å². The molecule has 2 N–H and O–H groups in total. The molecule has 2 aromatic rings. The molecule has 3 rings (SSSR count). The maximum Gasteiger partial charge on any atom is 0.315 e. The van der Waals surface area contributed by atoms with Gasteiger partial charge in [-0.2, -0.15) is 0 Å². The Labute approximate surface area is 155 Å². The van der Waals surface area contributed by atoms with Gasteiger partial charge in [0.05, 0.1) is 6.04 Å². The van der Waals surface area contributed by atoms with Gasteiger partial charge in [0.25, 0.3) is 0 Å². The van der Waals surface area contributed by atoms with E-state index in [0.717, 1.165) is 15.6 Å². The van der Waals surface area contributed by atoms with E-state index in [4.69, 9.17) is 0 Å². The average molecular weight is 402 g/mol. The van der Waals surface area contributed by atoms with Gasteiger partial charge in [0, 0.05) is 30.5 Å². The Morgan fingerprint density at radius 1 is 1.08 bits per heavy atom. The molecule has 1 heterocycles. The van der Waals surface area contributed by atoms with Crippen molar-refractivity contribution in [3.63, 3.8) is 0 Å². The summed E-state index contributed by atoms with van der Waals surface area (Å²) in [5.74, 6) is 0.0714.